The van der Waals surface area contributed by atoms with Crippen molar-refractivity contribution in [1.29, 1.82) is 0 Å². The van der Waals surface area contributed by atoms with Crippen molar-refractivity contribution in [2.45, 2.75) is 32.7 Å². The number of unbranched alkanes of at least 4 members (excludes halogenated alkanes) is 2. The molecule has 0 unspecified atom stereocenters. The summed E-state index contributed by atoms with van der Waals surface area (Å²) < 4.78 is 0. The van der Waals surface area contributed by atoms with E-state index in [1.807, 2.05) is 20.0 Å². The van der Waals surface area contributed by atoms with Crippen LogP contribution in [0.5, 0.6) is 0 Å². The van der Waals surface area contributed by atoms with Crippen LogP contribution in [0.3, 0.4) is 0 Å². The number of aliphatic hydroxyl groups excluding tert-OH is 1. The largest absolute Gasteiger partial charge is 0.396 e. The van der Waals surface area contributed by atoms with Crippen molar-refractivity contribution in [3.05, 3.63) is 27.5 Å². The first kappa shape index (κ1) is 15.7. The highest BCUT2D eigenvalue weighted by Crippen LogP contribution is 2.24. The molecule has 1 N–H and O–H groups in total. The third kappa shape index (κ3) is 5.11. The van der Waals surface area contributed by atoms with Crippen LogP contribution in [0, 0.1) is 6.92 Å². The summed E-state index contributed by atoms with van der Waals surface area (Å²) in [5.41, 5.74) is 1.72. The number of hydrogen-bond acceptors (Lipinski definition) is 3. The molecular formula is C13H20Cl2N2O. The molecule has 0 spiro atoms. The smallest absolute Gasteiger partial charge is 0.135 e. The fraction of sp³-hybridized carbons (Fsp3) is 0.615. The number of nitrogens with zero attached hydrogens (tertiary/aromatic N) is 2. The van der Waals surface area contributed by atoms with Gasteiger partial charge in [-0.25, -0.2) is 4.98 Å². The van der Waals surface area contributed by atoms with Crippen LogP contribution < -0.4 is 0 Å². The maximum atomic E-state index is 8.71. The molecule has 0 saturated heterocycles. The molecule has 0 radical (unpaired) electrons. The minimum Gasteiger partial charge on any atom is -0.396 e. The van der Waals surface area contributed by atoms with Gasteiger partial charge in [0.05, 0.1) is 0 Å². The number of rotatable bonds is 7. The maximum absolute atomic E-state index is 8.71. The first-order chi connectivity index (χ1) is 8.54. The molecule has 0 aliphatic rings. The Labute approximate surface area is 119 Å². The van der Waals surface area contributed by atoms with E-state index < -0.39 is 0 Å². The molecule has 3 nitrogen and oxygen atoms in total. The highest BCUT2D eigenvalue weighted by Gasteiger charge is 2.10. The molecule has 1 rings (SSSR count). The van der Waals surface area contributed by atoms with Crippen LogP contribution >= 0.6 is 23.2 Å². The molecule has 1 aromatic heterocycles. The van der Waals surface area contributed by atoms with Crippen LogP contribution in [0.2, 0.25) is 10.2 Å². The van der Waals surface area contributed by atoms with Crippen LogP contribution in [0.4, 0.5) is 0 Å². The van der Waals surface area contributed by atoms with Gasteiger partial charge in [0.25, 0.3) is 0 Å². The molecule has 0 atom stereocenters. The Morgan fingerprint density at radius 3 is 2.61 bits per heavy atom. The van der Waals surface area contributed by atoms with E-state index in [-0.39, 0.29) is 6.61 Å². The molecule has 0 bridgehead atoms. The van der Waals surface area contributed by atoms with Gasteiger partial charge in [0.15, 0.2) is 0 Å². The van der Waals surface area contributed by atoms with Gasteiger partial charge in [0.1, 0.15) is 5.15 Å². The average Bonchev–Trinajstić information content (AvgIpc) is 2.29. The van der Waals surface area contributed by atoms with Crippen molar-refractivity contribution >= 4 is 23.2 Å². The number of pyridine rings is 1. The zero-order valence-electron chi connectivity index (χ0n) is 10.9. The monoisotopic (exact) mass is 290 g/mol. The van der Waals surface area contributed by atoms with Gasteiger partial charge in [-0.3, -0.25) is 0 Å². The Hall–Kier alpha value is -0.350. The van der Waals surface area contributed by atoms with Gasteiger partial charge >= 0.3 is 0 Å². The van der Waals surface area contributed by atoms with Crippen LogP contribution in [-0.4, -0.2) is 35.2 Å². The van der Waals surface area contributed by atoms with E-state index in [9.17, 15) is 0 Å². The Morgan fingerprint density at radius 1 is 1.28 bits per heavy atom. The Morgan fingerprint density at radius 2 is 2.00 bits per heavy atom. The van der Waals surface area contributed by atoms with E-state index in [2.05, 4.69) is 9.88 Å². The highest BCUT2D eigenvalue weighted by atomic mass is 35.5. The number of hydrogen-bond donors (Lipinski definition) is 1. The second kappa shape index (κ2) is 7.95. The summed E-state index contributed by atoms with van der Waals surface area (Å²) in [5, 5.41) is 9.87. The number of aromatic nitrogens is 1. The molecule has 0 aliphatic carbocycles. The molecular weight excluding hydrogens is 271 g/mol. The third-order valence-corrected chi connectivity index (χ3v) is 3.42. The molecule has 0 aromatic carbocycles. The van der Waals surface area contributed by atoms with Crippen LogP contribution in [0.1, 0.15) is 30.5 Å². The molecule has 0 amide bonds. The summed E-state index contributed by atoms with van der Waals surface area (Å²) in [6.45, 7) is 3.80. The molecule has 0 fully saturated rings. The second-order valence-corrected chi connectivity index (χ2v) is 5.30. The van der Waals surface area contributed by atoms with Gasteiger partial charge in [-0.05, 0) is 45.8 Å². The molecule has 1 aromatic rings. The zero-order valence-corrected chi connectivity index (χ0v) is 12.4. The van der Waals surface area contributed by atoms with E-state index in [0.29, 0.717) is 16.7 Å². The maximum Gasteiger partial charge on any atom is 0.135 e. The molecule has 0 saturated carbocycles. The van der Waals surface area contributed by atoms with Crippen LogP contribution in [0.25, 0.3) is 0 Å². The SMILES string of the molecule is Cc1cc(Cl)c(CN(C)CCCCCO)c(Cl)n1. The fourth-order valence-electron chi connectivity index (χ4n) is 1.78. The summed E-state index contributed by atoms with van der Waals surface area (Å²) >= 11 is 12.3. The van der Waals surface area contributed by atoms with Gasteiger partial charge in [-0.1, -0.05) is 23.2 Å². The average molecular weight is 291 g/mol. The van der Waals surface area contributed by atoms with E-state index in [1.165, 1.54) is 0 Å². The van der Waals surface area contributed by atoms with Crippen LogP contribution in [0.15, 0.2) is 6.07 Å². The first-order valence-corrected chi connectivity index (χ1v) is 6.91. The lowest BCUT2D eigenvalue weighted by Gasteiger charge is -2.18. The zero-order chi connectivity index (χ0) is 13.5. The summed E-state index contributed by atoms with van der Waals surface area (Å²) in [6, 6.07) is 1.84. The number of halogens is 2. The predicted octanol–water partition coefficient (Wildman–Crippen LogP) is 3.29. The highest BCUT2D eigenvalue weighted by molar-refractivity contribution is 6.35. The van der Waals surface area contributed by atoms with E-state index in [1.54, 1.807) is 0 Å². The Kier molecular flexibility index (Phi) is 6.94. The van der Waals surface area contributed by atoms with Gasteiger partial charge in [-0.15, -0.1) is 0 Å². The molecule has 18 heavy (non-hydrogen) atoms. The Balaban J connectivity index is 2.51. The number of aryl methyl sites for hydroxylation is 1. The fourth-order valence-corrected chi connectivity index (χ4v) is 2.43. The predicted molar refractivity (Wildman–Crippen MR) is 76.3 cm³/mol. The second-order valence-electron chi connectivity index (χ2n) is 4.54. The first-order valence-electron chi connectivity index (χ1n) is 6.15. The quantitative estimate of drug-likeness (QED) is 0.618. The van der Waals surface area contributed by atoms with Gasteiger partial charge in [0.2, 0.25) is 0 Å². The lowest BCUT2D eigenvalue weighted by molar-refractivity contribution is 0.271. The lowest BCUT2D eigenvalue weighted by Crippen LogP contribution is -2.20. The summed E-state index contributed by atoms with van der Waals surface area (Å²) in [5.74, 6) is 0. The molecule has 0 aliphatic heterocycles. The molecule has 102 valence electrons. The third-order valence-electron chi connectivity index (χ3n) is 2.77. The normalized spacial score (nSPS) is 11.2. The van der Waals surface area contributed by atoms with Gasteiger partial charge < -0.3 is 10.0 Å². The lowest BCUT2D eigenvalue weighted by atomic mass is 10.2. The van der Waals surface area contributed by atoms with E-state index in [4.69, 9.17) is 28.3 Å². The van der Waals surface area contributed by atoms with Crippen molar-refractivity contribution in [3.63, 3.8) is 0 Å². The summed E-state index contributed by atoms with van der Waals surface area (Å²) in [4.78, 5) is 6.39. The minimum absolute atomic E-state index is 0.267. The molecule has 1 heterocycles. The Bertz CT molecular complexity index is 362. The van der Waals surface area contributed by atoms with Crippen molar-refractivity contribution in [2.24, 2.45) is 0 Å². The molecule has 5 heteroatoms. The standard InChI is InChI=1S/C13H20Cl2N2O/c1-10-8-12(14)11(13(15)16-10)9-17(2)6-4-3-5-7-18/h8,18H,3-7,9H2,1-2H3. The summed E-state index contributed by atoms with van der Waals surface area (Å²) in [7, 11) is 2.03. The van der Waals surface area contributed by atoms with Gasteiger partial charge in [-0.2, -0.15) is 0 Å². The van der Waals surface area contributed by atoms with Crippen molar-refractivity contribution in [2.75, 3.05) is 20.2 Å². The van der Waals surface area contributed by atoms with Crippen molar-refractivity contribution < 1.29 is 5.11 Å². The van der Waals surface area contributed by atoms with Gasteiger partial charge in [0, 0.05) is 29.4 Å². The number of aliphatic hydroxyl groups is 1. The summed E-state index contributed by atoms with van der Waals surface area (Å²) in [6.07, 6.45) is 2.96. The minimum atomic E-state index is 0.267. The van der Waals surface area contributed by atoms with Crippen LogP contribution in [-0.2, 0) is 6.54 Å². The topological polar surface area (TPSA) is 36.4 Å². The van der Waals surface area contributed by atoms with E-state index in [0.717, 1.165) is 37.1 Å². The van der Waals surface area contributed by atoms with Crippen molar-refractivity contribution in [1.82, 2.24) is 9.88 Å². The van der Waals surface area contributed by atoms with Crippen molar-refractivity contribution in [3.8, 4) is 0 Å². The van der Waals surface area contributed by atoms with E-state index >= 15 is 0 Å².